The highest BCUT2D eigenvalue weighted by Crippen LogP contribution is 2.58. The second kappa shape index (κ2) is 28.1. The van der Waals surface area contributed by atoms with E-state index in [4.69, 9.17) is 18.1 Å². The van der Waals surface area contributed by atoms with Crippen LogP contribution in [0.2, 0.25) is 0 Å². The Morgan fingerprint density at radius 3 is 0.613 bits per heavy atom. The van der Waals surface area contributed by atoms with Crippen LogP contribution in [0.4, 0.5) is 0 Å². The Hall–Kier alpha value is -4.64. The molecule has 1 aliphatic rings. The molecule has 8 atom stereocenters. The van der Waals surface area contributed by atoms with Gasteiger partial charge in [-0.1, -0.05) is 46.4 Å². The first-order valence-corrected chi connectivity index (χ1v) is 31.4. The highest BCUT2D eigenvalue weighted by molar-refractivity contribution is 7.37. The first-order valence-electron chi connectivity index (χ1n) is 26.9. The molecular formula is C56H88N8O12P4+4. The summed E-state index contributed by atoms with van der Waals surface area (Å²) >= 11 is 0. The number of benzene rings is 4. The average molecular weight is 1190 g/mol. The number of rotatable bonds is 24. The first-order chi connectivity index (χ1) is 37.4. The zero-order chi connectivity index (χ0) is 60.1. The van der Waals surface area contributed by atoms with E-state index in [1.807, 2.05) is 128 Å². The van der Waals surface area contributed by atoms with Crippen LogP contribution < -0.4 is 18.1 Å². The summed E-state index contributed by atoms with van der Waals surface area (Å²) in [4.78, 5) is 7.47. The van der Waals surface area contributed by atoms with Gasteiger partial charge in [0.05, 0.1) is 22.3 Å². The molecule has 440 valence electrons. The smallest absolute Gasteiger partial charge is 0.507 e. The van der Waals surface area contributed by atoms with Gasteiger partial charge >= 0.3 is 32.7 Å². The fraction of sp³-hybridized carbons (Fsp3) is 0.571. The largest absolute Gasteiger partial charge is 0.665 e. The maximum absolute atomic E-state index is 14.2. The minimum atomic E-state index is -2.55. The van der Waals surface area contributed by atoms with E-state index < -0.39 is 56.4 Å². The molecule has 20 nitrogen and oxygen atoms in total. The average Bonchev–Trinajstić information content (AvgIpc) is 3.36. The molecule has 5 rings (SSSR count). The molecule has 0 spiro atoms. The number of nitrogens with zero attached hydrogens (tertiary/aromatic N) is 8. The molecule has 1 aliphatic carbocycles. The van der Waals surface area contributed by atoms with E-state index in [9.17, 15) is 38.7 Å². The van der Waals surface area contributed by atoms with Gasteiger partial charge in [-0.25, -0.2) is 18.1 Å². The van der Waals surface area contributed by atoms with Gasteiger partial charge in [-0.15, -0.1) is 0 Å². The van der Waals surface area contributed by atoms with Crippen molar-refractivity contribution >= 4 is 32.7 Å². The van der Waals surface area contributed by atoms with Crippen molar-refractivity contribution in [1.82, 2.24) is 38.3 Å². The molecule has 8 bridgehead atoms. The van der Waals surface area contributed by atoms with E-state index in [-0.39, 0.29) is 72.2 Å². The fourth-order valence-corrected chi connectivity index (χ4v) is 12.6. The summed E-state index contributed by atoms with van der Waals surface area (Å²) in [6.45, 7) is 8.28. The third-order valence-electron chi connectivity index (χ3n) is 14.1. The maximum atomic E-state index is 14.2. The third-order valence-corrected chi connectivity index (χ3v) is 18.1. The quantitative estimate of drug-likeness (QED) is 0.0480. The van der Waals surface area contributed by atoms with E-state index in [0.717, 1.165) is 0 Å². The summed E-state index contributed by atoms with van der Waals surface area (Å²) in [6.07, 6.45) is 1.28. The lowest BCUT2D eigenvalue weighted by Crippen LogP contribution is -2.19. The molecule has 0 aromatic heterocycles. The van der Waals surface area contributed by atoms with Crippen LogP contribution >= 0.6 is 32.7 Å². The number of hydrogen-bond donors (Lipinski definition) is 4. The summed E-state index contributed by atoms with van der Waals surface area (Å²) in [5.74, 6) is -3.10. The van der Waals surface area contributed by atoms with Gasteiger partial charge in [-0.2, -0.15) is 0 Å². The second-order valence-electron chi connectivity index (χ2n) is 22.3. The molecule has 80 heavy (non-hydrogen) atoms. The summed E-state index contributed by atoms with van der Waals surface area (Å²) in [6, 6.07) is 7.35. The lowest BCUT2D eigenvalue weighted by atomic mass is 9.75. The summed E-state index contributed by atoms with van der Waals surface area (Å²) in [5.41, 5.74) is 4.88. The molecule has 0 fully saturated rings. The lowest BCUT2D eigenvalue weighted by Gasteiger charge is -2.31. The van der Waals surface area contributed by atoms with Crippen LogP contribution in [-0.4, -0.2) is 171 Å². The molecule has 4 aromatic carbocycles. The van der Waals surface area contributed by atoms with Crippen LogP contribution in [0.1, 0.15) is 144 Å². The maximum Gasteiger partial charge on any atom is 0.665 e. The van der Waals surface area contributed by atoms with Gasteiger partial charge in [-0.05, 0) is 106 Å². The highest BCUT2D eigenvalue weighted by Gasteiger charge is 2.43. The molecule has 0 saturated carbocycles. The standard InChI is InChI=1S/C56H84N8O12P4/c1-21-33-37-25-42(54(74-78(70)62(15)16)45(49(37)65)29-57(5)6)35(23-3)39-27-44(56(76-80(72)64(19)20)47(51(39)67)31-59(9)10)36(24-4)40-28-43(55(75-79(71)63(17)18)48(52(40)68)32-60(11)12)34(22-2)38-26-41(33)53(73-77(69)61(13)14)46(50(38)66)30-58(7)8/h25-28,33-36H,21-24,29-32H2,1-20H3/p+4. The second-order valence-corrected chi connectivity index (χ2v) is 28.2. The predicted molar refractivity (Wildman–Crippen MR) is 318 cm³/mol. The van der Waals surface area contributed by atoms with Gasteiger partial charge in [0.2, 0.25) is 23.0 Å². The van der Waals surface area contributed by atoms with Gasteiger partial charge in [-0.3, -0.25) is 0 Å². The topological polar surface area (TPSA) is 212 Å². The summed E-state index contributed by atoms with van der Waals surface area (Å²) in [7, 11) is 17.6. The normalized spacial score (nSPS) is 17.4. The van der Waals surface area contributed by atoms with Crippen LogP contribution in [0.3, 0.4) is 0 Å². The first kappa shape index (κ1) is 66.2. The van der Waals surface area contributed by atoms with Crippen molar-refractivity contribution < 1.29 is 56.8 Å². The Bertz CT molecular complexity index is 2560. The molecular weight excluding hydrogens is 1100 g/mol. The molecule has 0 heterocycles. The SMILES string of the molecule is CCC1c2cc(c(O[P+](=O)N(C)C)c(CN(C)C)c2O)C(CC)c2cc(c(O[P+](=O)N(C)C)c(CN(C)C)c2O)C(CC)c2cc(c(O[P+](=O)N(C)C)c(CN(C)C)c2O)C(CC)c2cc1c(O[P+](=O)N(C)C)c(CN(C)C)c2O. The van der Waals surface area contributed by atoms with E-state index >= 15 is 0 Å². The van der Waals surface area contributed by atoms with Crippen molar-refractivity contribution in [3.63, 3.8) is 0 Å². The van der Waals surface area contributed by atoms with E-state index in [1.165, 1.54) is 18.7 Å². The molecule has 0 saturated heterocycles. The molecule has 0 aliphatic heterocycles. The Morgan fingerprint density at radius 2 is 0.487 bits per heavy atom. The Morgan fingerprint density at radius 1 is 0.325 bits per heavy atom. The zero-order valence-electron chi connectivity index (χ0n) is 50.7. The lowest BCUT2D eigenvalue weighted by molar-refractivity contribution is 0.365. The molecule has 8 unspecified atom stereocenters. The van der Waals surface area contributed by atoms with Crippen LogP contribution in [-0.2, 0) is 44.4 Å². The van der Waals surface area contributed by atoms with Crippen LogP contribution in [0.25, 0.3) is 0 Å². The van der Waals surface area contributed by atoms with Gasteiger partial charge in [0, 0.05) is 169 Å². The van der Waals surface area contributed by atoms with Crippen molar-refractivity contribution in [2.24, 2.45) is 0 Å². The van der Waals surface area contributed by atoms with E-state index in [0.29, 0.717) is 92.4 Å². The van der Waals surface area contributed by atoms with Crippen molar-refractivity contribution in [1.29, 1.82) is 0 Å². The Labute approximate surface area is 478 Å². The van der Waals surface area contributed by atoms with Gasteiger partial charge in [0.1, 0.15) is 23.0 Å². The number of fused-ring (bicyclic) bond motifs is 8. The number of phenols is 4. The Kier molecular flexibility index (Phi) is 23.2. The highest BCUT2D eigenvalue weighted by atomic mass is 31.1. The molecule has 0 amide bonds. The summed E-state index contributed by atoms with van der Waals surface area (Å²) < 4.78 is 88.7. The molecule has 4 N–H and O–H groups in total. The van der Waals surface area contributed by atoms with Gasteiger partial charge < -0.3 is 40.0 Å². The third kappa shape index (κ3) is 14.4. The van der Waals surface area contributed by atoms with Gasteiger partial charge in [0.25, 0.3) is 0 Å². The minimum absolute atomic E-state index is 0.110. The van der Waals surface area contributed by atoms with Crippen molar-refractivity contribution in [2.75, 3.05) is 113 Å². The number of phenolic OH excluding ortho intramolecular Hbond substituents is 4. The predicted octanol–water partition coefficient (Wildman–Crippen LogP) is 11.6. The minimum Gasteiger partial charge on any atom is -0.507 e. The number of hydrogen-bond acceptors (Lipinski definition) is 16. The van der Waals surface area contributed by atoms with Crippen LogP contribution in [0.15, 0.2) is 24.3 Å². The fourth-order valence-electron chi connectivity index (χ4n) is 10.5. The van der Waals surface area contributed by atoms with E-state index in [2.05, 4.69) is 0 Å². The van der Waals surface area contributed by atoms with E-state index in [1.54, 1.807) is 56.4 Å². The zero-order valence-corrected chi connectivity index (χ0v) is 54.3. The van der Waals surface area contributed by atoms with Gasteiger partial charge in [0.15, 0.2) is 0 Å². The summed E-state index contributed by atoms with van der Waals surface area (Å²) in [5, 5.41) is 52.5. The Balaban J connectivity index is 2.31. The molecule has 4 aromatic rings. The monoisotopic (exact) mass is 1190 g/mol. The van der Waals surface area contributed by atoms with Crippen molar-refractivity contribution in [3.05, 3.63) is 91.0 Å². The van der Waals surface area contributed by atoms with Crippen molar-refractivity contribution in [3.8, 4) is 46.0 Å². The molecule has 24 heteroatoms. The van der Waals surface area contributed by atoms with Crippen LogP contribution in [0, 0.1) is 0 Å². The molecule has 0 radical (unpaired) electrons. The van der Waals surface area contributed by atoms with Crippen molar-refractivity contribution in [2.45, 2.75) is 103 Å². The number of aromatic hydroxyl groups is 4. The van der Waals surface area contributed by atoms with Crippen LogP contribution in [0.5, 0.6) is 46.0 Å².